The van der Waals surface area contributed by atoms with Crippen molar-refractivity contribution >= 4 is 25.8 Å². The average molecular weight is 484 g/mol. The molecule has 2 saturated heterocycles. The van der Waals surface area contributed by atoms with Crippen molar-refractivity contribution in [1.29, 1.82) is 0 Å². The third kappa shape index (κ3) is 5.03. The minimum Gasteiger partial charge on any atom is -0.336 e. The van der Waals surface area contributed by atoms with Crippen LogP contribution in [0, 0.1) is 0 Å². The second kappa shape index (κ2) is 9.40. The molecule has 0 unspecified atom stereocenters. The summed E-state index contributed by atoms with van der Waals surface area (Å²) in [6.07, 6.45) is 5.65. The van der Waals surface area contributed by atoms with Crippen LogP contribution in [0.5, 0.6) is 0 Å². The quantitative estimate of drug-likeness (QED) is 0.631. The molecule has 1 aromatic rings. The highest BCUT2D eigenvalue weighted by Crippen LogP contribution is 2.27. The lowest BCUT2D eigenvalue weighted by atomic mass is 9.96. The monoisotopic (exact) mass is 483 g/mol. The summed E-state index contributed by atoms with van der Waals surface area (Å²) in [5.41, 5.74) is 0.375. The van der Waals surface area contributed by atoms with Gasteiger partial charge in [0, 0.05) is 50.9 Å². The summed E-state index contributed by atoms with van der Waals surface area (Å²) in [5, 5.41) is 0. The van der Waals surface area contributed by atoms with Crippen LogP contribution in [0.3, 0.4) is 0 Å². The van der Waals surface area contributed by atoms with E-state index in [0.29, 0.717) is 38.2 Å². The largest absolute Gasteiger partial charge is 0.336 e. The second-order valence-corrected chi connectivity index (χ2v) is 13.5. The van der Waals surface area contributed by atoms with Crippen LogP contribution in [0.15, 0.2) is 29.2 Å². The lowest BCUT2D eigenvalue weighted by Gasteiger charge is -2.37. The predicted molar refractivity (Wildman–Crippen MR) is 123 cm³/mol. The van der Waals surface area contributed by atoms with Gasteiger partial charge in [0.05, 0.1) is 16.4 Å². The number of hydrogen-bond donors (Lipinski definition) is 0. The lowest BCUT2D eigenvalue weighted by molar-refractivity contribution is 0.0587. The molecule has 0 radical (unpaired) electrons. The van der Waals surface area contributed by atoms with E-state index in [1.54, 1.807) is 30.1 Å². The number of amides is 1. The van der Waals surface area contributed by atoms with E-state index in [4.69, 9.17) is 0 Å². The summed E-state index contributed by atoms with van der Waals surface area (Å²) in [6, 6.07) is 6.41. The summed E-state index contributed by atoms with van der Waals surface area (Å²) in [7, 11) is -4.95. The predicted octanol–water partition coefficient (Wildman–Crippen LogP) is 1.58. The van der Waals surface area contributed by atoms with Gasteiger partial charge in [0.15, 0.2) is 9.84 Å². The molecular formula is C22H33N3O5S2. The highest BCUT2D eigenvalue weighted by molar-refractivity contribution is 7.91. The first-order valence-corrected chi connectivity index (χ1v) is 14.8. The zero-order valence-electron chi connectivity index (χ0n) is 18.6. The van der Waals surface area contributed by atoms with E-state index in [1.807, 2.05) is 0 Å². The molecule has 0 aromatic heterocycles. The fourth-order valence-electron chi connectivity index (χ4n) is 5.13. The van der Waals surface area contributed by atoms with Crippen molar-refractivity contribution in [3.63, 3.8) is 0 Å². The molecule has 4 rings (SSSR count). The standard InChI is InChI=1S/C22H33N3O5S2/c1-23(19-7-3-2-4-8-19)32(29,30)21-9-5-6-18(16-21)22(26)25-13-11-24(12-14-25)20-10-15-31(27,28)17-20/h5-6,9,16,19-20H,2-4,7-8,10-15,17H2,1H3/t20-/m0/s1. The van der Waals surface area contributed by atoms with Crippen LogP contribution in [0.25, 0.3) is 0 Å². The molecule has 178 valence electrons. The van der Waals surface area contributed by atoms with Crippen molar-refractivity contribution in [2.24, 2.45) is 0 Å². The Morgan fingerprint density at radius 2 is 1.72 bits per heavy atom. The molecule has 3 aliphatic rings. The van der Waals surface area contributed by atoms with Crippen LogP contribution in [0.2, 0.25) is 0 Å². The third-order valence-electron chi connectivity index (χ3n) is 7.17. The van der Waals surface area contributed by atoms with Gasteiger partial charge >= 0.3 is 0 Å². The molecule has 0 N–H and O–H groups in total. The number of carbonyl (C=O) groups excluding carboxylic acids is 1. The average Bonchev–Trinajstić information content (AvgIpc) is 3.18. The van der Waals surface area contributed by atoms with Crippen LogP contribution in [0.4, 0.5) is 0 Å². The number of sulfonamides is 1. The highest BCUT2D eigenvalue weighted by atomic mass is 32.2. The number of sulfone groups is 1. The van der Waals surface area contributed by atoms with Crippen LogP contribution >= 0.6 is 0 Å². The van der Waals surface area contributed by atoms with Crippen LogP contribution in [-0.4, -0.2) is 93.7 Å². The van der Waals surface area contributed by atoms with E-state index in [0.717, 1.165) is 32.1 Å². The maximum atomic E-state index is 13.2. The van der Waals surface area contributed by atoms with Gasteiger partial charge in [0.1, 0.15) is 0 Å². The Morgan fingerprint density at radius 1 is 1.03 bits per heavy atom. The Labute approximate surface area is 191 Å². The Morgan fingerprint density at radius 3 is 2.34 bits per heavy atom. The maximum absolute atomic E-state index is 13.2. The molecule has 1 amide bonds. The number of nitrogens with zero attached hydrogens (tertiary/aromatic N) is 3. The smallest absolute Gasteiger partial charge is 0.253 e. The van der Waals surface area contributed by atoms with Crippen LogP contribution < -0.4 is 0 Å². The summed E-state index contributed by atoms with van der Waals surface area (Å²) >= 11 is 0. The number of hydrogen-bond acceptors (Lipinski definition) is 6. The normalized spacial score (nSPS) is 25.3. The molecule has 2 heterocycles. The van der Waals surface area contributed by atoms with Gasteiger partial charge in [-0.3, -0.25) is 9.69 Å². The van der Waals surface area contributed by atoms with E-state index in [9.17, 15) is 21.6 Å². The maximum Gasteiger partial charge on any atom is 0.253 e. The van der Waals surface area contributed by atoms with Gasteiger partial charge in [0.2, 0.25) is 10.0 Å². The summed E-state index contributed by atoms with van der Waals surface area (Å²) in [4.78, 5) is 17.1. The van der Waals surface area contributed by atoms with Gasteiger partial charge < -0.3 is 4.90 Å². The van der Waals surface area contributed by atoms with Crippen molar-refractivity contribution in [2.45, 2.75) is 55.5 Å². The van der Waals surface area contributed by atoms with Crippen molar-refractivity contribution in [3.05, 3.63) is 29.8 Å². The molecule has 32 heavy (non-hydrogen) atoms. The van der Waals surface area contributed by atoms with E-state index in [2.05, 4.69) is 4.90 Å². The second-order valence-electron chi connectivity index (χ2n) is 9.23. The minimum absolute atomic E-state index is 0.0144. The number of benzene rings is 1. The van der Waals surface area contributed by atoms with Gasteiger partial charge in [-0.2, -0.15) is 4.31 Å². The molecule has 1 aliphatic carbocycles. The van der Waals surface area contributed by atoms with E-state index in [-0.39, 0.29) is 34.4 Å². The Balaban J connectivity index is 1.41. The highest BCUT2D eigenvalue weighted by Gasteiger charge is 2.35. The lowest BCUT2D eigenvalue weighted by Crippen LogP contribution is -2.52. The van der Waals surface area contributed by atoms with Crippen molar-refractivity contribution < 1.29 is 21.6 Å². The van der Waals surface area contributed by atoms with Crippen molar-refractivity contribution in [3.8, 4) is 0 Å². The first kappa shape index (κ1) is 23.7. The van der Waals surface area contributed by atoms with Crippen molar-refractivity contribution in [2.75, 3.05) is 44.7 Å². The van der Waals surface area contributed by atoms with E-state index in [1.165, 1.54) is 10.4 Å². The zero-order valence-corrected chi connectivity index (χ0v) is 20.3. The molecular weight excluding hydrogens is 450 g/mol. The molecule has 0 spiro atoms. The first-order valence-electron chi connectivity index (χ1n) is 11.5. The molecule has 1 saturated carbocycles. The SMILES string of the molecule is CN(C1CCCCC1)S(=O)(=O)c1cccc(C(=O)N2CCN([C@H]3CCS(=O)(=O)C3)CC2)c1. The summed E-state index contributed by atoms with van der Waals surface area (Å²) in [5.74, 6) is 0.268. The third-order valence-corrected chi connectivity index (χ3v) is 10.8. The first-order chi connectivity index (χ1) is 15.2. The minimum atomic E-state index is -3.66. The Bertz CT molecular complexity index is 1040. The zero-order chi connectivity index (χ0) is 22.9. The van der Waals surface area contributed by atoms with Crippen LogP contribution in [0.1, 0.15) is 48.9 Å². The fraction of sp³-hybridized carbons (Fsp3) is 0.682. The fourth-order valence-corrected chi connectivity index (χ4v) is 8.36. The van der Waals surface area contributed by atoms with Crippen LogP contribution in [-0.2, 0) is 19.9 Å². The van der Waals surface area contributed by atoms with Gasteiger partial charge in [-0.1, -0.05) is 25.3 Å². The Kier molecular flexibility index (Phi) is 6.95. The van der Waals surface area contributed by atoms with E-state index < -0.39 is 19.9 Å². The Hall–Kier alpha value is -1.49. The number of piperazine rings is 1. The summed E-state index contributed by atoms with van der Waals surface area (Å²) in [6.45, 7) is 2.28. The number of rotatable bonds is 5. The molecule has 10 heteroatoms. The summed E-state index contributed by atoms with van der Waals surface area (Å²) < 4.78 is 51.3. The van der Waals surface area contributed by atoms with Gasteiger partial charge in [0.25, 0.3) is 5.91 Å². The topological polar surface area (TPSA) is 95.1 Å². The van der Waals surface area contributed by atoms with E-state index >= 15 is 0 Å². The molecule has 1 atom stereocenters. The van der Waals surface area contributed by atoms with Crippen molar-refractivity contribution in [1.82, 2.24) is 14.1 Å². The molecule has 0 bridgehead atoms. The van der Waals surface area contributed by atoms with Gasteiger partial charge in [-0.05, 0) is 37.5 Å². The molecule has 1 aromatic carbocycles. The number of carbonyl (C=O) groups is 1. The van der Waals surface area contributed by atoms with Gasteiger partial charge in [-0.25, -0.2) is 16.8 Å². The molecule has 2 aliphatic heterocycles. The molecule has 3 fully saturated rings. The molecule has 8 nitrogen and oxygen atoms in total. The van der Waals surface area contributed by atoms with Gasteiger partial charge in [-0.15, -0.1) is 0 Å².